The fraction of sp³-hybridized carbons (Fsp3) is 0.533. The van der Waals surface area contributed by atoms with Crippen LogP contribution in [0.3, 0.4) is 0 Å². The minimum Gasteiger partial charge on any atom is -0.464 e. The van der Waals surface area contributed by atoms with Crippen LogP contribution in [0.15, 0.2) is 24.3 Å². The number of anilines is 1. The van der Waals surface area contributed by atoms with Crippen LogP contribution in [0.2, 0.25) is 0 Å². The second-order valence-corrected chi connectivity index (χ2v) is 5.31. The first-order valence-electron chi connectivity index (χ1n) is 6.84. The summed E-state index contributed by atoms with van der Waals surface area (Å²) in [4.78, 5) is 11.9. The average molecular weight is 245 g/mol. The molecule has 18 heavy (non-hydrogen) atoms. The number of para-hydroxylation sites is 1. The maximum atomic E-state index is 11.9. The molecule has 1 saturated carbocycles. The van der Waals surface area contributed by atoms with Crippen molar-refractivity contribution in [3.8, 4) is 0 Å². The summed E-state index contributed by atoms with van der Waals surface area (Å²) in [5.41, 5.74) is 2.27. The molecular formula is C15H19NO2. The molecule has 3 rings (SSSR count). The molecule has 0 amide bonds. The Morgan fingerprint density at radius 3 is 2.89 bits per heavy atom. The number of hydrogen-bond donors (Lipinski definition) is 1. The summed E-state index contributed by atoms with van der Waals surface area (Å²) >= 11 is 0. The van der Waals surface area contributed by atoms with Crippen molar-refractivity contribution < 1.29 is 9.53 Å². The minimum absolute atomic E-state index is 0.106. The first-order valence-corrected chi connectivity index (χ1v) is 6.84. The van der Waals surface area contributed by atoms with E-state index in [9.17, 15) is 4.79 Å². The number of fused-ring (bicyclic) bond motifs is 1. The molecule has 1 aliphatic heterocycles. The maximum absolute atomic E-state index is 11.9. The van der Waals surface area contributed by atoms with Gasteiger partial charge in [-0.2, -0.15) is 0 Å². The average Bonchev–Trinajstić information content (AvgIpc) is 2.75. The van der Waals surface area contributed by atoms with Crippen LogP contribution in [0.1, 0.15) is 31.2 Å². The summed E-state index contributed by atoms with van der Waals surface area (Å²) in [6.07, 6.45) is 5.75. The molecule has 3 nitrogen and oxygen atoms in total. The summed E-state index contributed by atoms with van der Waals surface area (Å²) in [5, 5.41) is 3.23. The highest BCUT2D eigenvalue weighted by molar-refractivity contribution is 5.82. The van der Waals surface area contributed by atoms with Crippen molar-refractivity contribution in [1.82, 2.24) is 0 Å². The lowest BCUT2D eigenvalue weighted by Crippen LogP contribution is -2.30. The molecule has 2 aliphatic rings. The Labute approximate surface area is 108 Å². The van der Waals surface area contributed by atoms with Crippen LogP contribution in [-0.4, -0.2) is 18.6 Å². The topological polar surface area (TPSA) is 38.3 Å². The van der Waals surface area contributed by atoms with Crippen LogP contribution in [0, 0.1) is 5.92 Å². The second kappa shape index (κ2) is 5.01. The van der Waals surface area contributed by atoms with E-state index in [1.165, 1.54) is 24.8 Å². The molecule has 1 fully saturated rings. The number of carbonyl (C=O) groups excluding carboxylic acids is 1. The van der Waals surface area contributed by atoms with Gasteiger partial charge >= 0.3 is 5.97 Å². The number of nitrogens with one attached hydrogen (secondary N) is 1. The Balaban J connectivity index is 1.46. The lowest BCUT2D eigenvalue weighted by Gasteiger charge is -2.25. The number of ether oxygens (including phenoxy) is 1. The largest absolute Gasteiger partial charge is 0.464 e. The molecule has 3 heteroatoms. The minimum atomic E-state index is -0.191. The van der Waals surface area contributed by atoms with Crippen LogP contribution in [0.4, 0.5) is 5.69 Å². The number of esters is 1. The Hall–Kier alpha value is -1.51. The molecule has 0 bridgehead atoms. The molecule has 96 valence electrons. The van der Waals surface area contributed by atoms with E-state index >= 15 is 0 Å². The van der Waals surface area contributed by atoms with Gasteiger partial charge < -0.3 is 10.1 Å². The Morgan fingerprint density at radius 2 is 2.17 bits per heavy atom. The SMILES string of the molecule is O=C(OCCC1CCC1)[C@@H]1Cc2ccccc2N1. The fourth-order valence-corrected chi connectivity index (χ4v) is 2.65. The fourth-order valence-electron chi connectivity index (χ4n) is 2.65. The third kappa shape index (κ3) is 2.35. The van der Waals surface area contributed by atoms with Crippen LogP contribution in [-0.2, 0) is 16.0 Å². The van der Waals surface area contributed by atoms with Gasteiger partial charge in [0, 0.05) is 12.1 Å². The van der Waals surface area contributed by atoms with Crippen LogP contribution < -0.4 is 5.32 Å². The molecule has 1 aromatic carbocycles. The highest BCUT2D eigenvalue weighted by Gasteiger charge is 2.27. The van der Waals surface area contributed by atoms with Crippen molar-refractivity contribution in [2.45, 2.75) is 38.1 Å². The van der Waals surface area contributed by atoms with Gasteiger partial charge in [0.2, 0.25) is 0 Å². The molecule has 1 N–H and O–H groups in total. The summed E-state index contributed by atoms with van der Waals surface area (Å²) in [6.45, 7) is 0.581. The van der Waals surface area contributed by atoms with E-state index in [2.05, 4.69) is 11.4 Å². The third-order valence-electron chi connectivity index (χ3n) is 4.05. The number of benzene rings is 1. The zero-order valence-corrected chi connectivity index (χ0v) is 10.5. The van der Waals surface area contributed by atoms with Crippen LogP contribution in [0.5, 0.6) is 0 Å². The molecule has 0 saturated heterocycles. The number of hydrogen-bond acceptors (Lipinski definition) is 3. The Morgan fingerprint density at radius 1 is 1.33 bits per heavy atom. The maximum Gasteiger partial charge on any atom is 0.328 e. The number of rotatable bonds is 4. The second-order valence-electron chi connectivity index (χ2n) is 5.31. The first-order chi connectivity index (χ1) is 8.83. The van der Waals surface area contributed by atoms with Crippen molar-refractivity contribution >= 4 is 11.7 Å². The molecule has 1 atom stereocenters. The Bertz CT molecular complexity index is 415. The summed E-state index contributed by atoms with van der Waals surface area (Å²) in [6, 6.07) is 7.87. The molecule has 1 heterocycles. The van der Waals surface area contributed by atoms with Crippen molar-refractivity contribution in [1.29, 1.82) is 0 Å². The molecule has 1 aliphatic carbocycles. The predicted molar refractivity (Wildman–Crippen MR) is 70.5 cm³/mol. The lowest BCUT2D eigenvalue weighted by molar-refractivity contribution is -0.144. The Kier molecular flexibility index (Phi) is 3.22. The molecule has 0 spiro atoms. The van der Waals surface area contributed by atoms with Gasteiger partial charge in [-0.05, 0) is 24.0 Å². The van der Waals surface area contributed by atoms with Gasteiger partial charge in [-0.15, -0.1) is 0 Å². The standard InChI is InChI=1S/C15H19NO2/c17-15(18-9-8-11-4-3-5-11)14-10-12-6-1-2-7-13(12)16-14/h1-2,6-7,11,14,16H,3-5,8-10H2/t14-/m0/s1. The quantitative estimate of drug-likeness (QED) is 0.829. The van der Waals surface area contributed by atoms with Gasteiger partial charge in [-0.25, -0.2) is 4.79 Å². The van der Waals surface area contributed by atoms with Crippen LogP contribution >= 0.6 is 0 Å². The molecule has 0 radical (unpaired) electrons. The van der Waals surface area contributed by atoms with Gasteiger partial charge in [0.1, 0.15) is 6.04 Å². The molecule has 0 unspecified atom stereocenters. The normalized spacial score (nSPS) is 21.9. The van der Waals surface area contributed by atoms with Gasteiger partial charge in [-0.1, -0.05) is 37.5 Å². The van der Waals surface area contributed by atoms with Crippen molar-refractivity contribution in [2.24, 2.45) is 5.92 Å². The van der Waals surface area contributed by atoms with E-state index in [0.29, 0.717) is 6.61 Å². The van der Waals surface area contributed by atoms with E-state index in [4.69, 9.17) is 4.74 Å². The van der Waals surface area contributed by atoms with Gasteiger partial charge in [-0.3, -0.25) is 0 Å². The predicted octanol–water partition coefficient (Wildman–Crippen LogP) is 2.76. The summed E-state index contributed by atoms with van der Waals surface area (Å²) in [5.74, 6) is 0.692. The van der Waals surface area contributed by atoms with Crippen molar-refractivity contribution in [3.63, 3.8) is 0 Å². The molecule has 0 aromatic heterocycles. The smallest absolute Gasteiger partial charge is 0.328 e. The molecular weight excluding hydrogens is 226 g/mol. The highest BCUT2D eigenvalue weighted by atomic mass is 16.5. The van der Waals surface area contributed by atoms with E-state index in [0.717, 1.165) is 24.4 Å². The zero-order chi connectivity index (χ0) is 12.4. The lowest BCUT2D eigenvalue weighted by atomic mass is 9.83. The van der Waals surface area contributed by atoms with Gasteiger partial charge in [0.25, 0.3) is 0 Å². The van der Waals surface area contributed by atoms with Gasteiger partial charge in [0.05, 0.1) is 6.61 Å². The van der Waals surface area contributed by atoms with Crippen LogP contribution in [0.25, 0.3) is 0 Å². The van der Waals surface area contributed by atoms with E-state index in [1.54, 1.807) is 0 Å². The van der Waals surface area contributed by atoms with Gasteiger partial charge in [0.15, 0.2) is 0 Å². The zero-order valence-electron chi connectivity index (χ0n) is 10.5. The number of carbonyl (C=O) groups is 1. The van der Waals surface area contributed by atoms with E-state index < -0.39 is 0 Å². The monoisotopic (exact) mass is 245 g/mol. The summed E-state index contributed by atoms with van der Waals surface area (Å²) in [7, 11) is 0. The van der Waals surface area contributed by atoms with Crippen molar-refractivity contribution in [3.05, 3.63) is 29.8 Å². The first kappa shape index (κ1) is 11.6. The summed E-state index contributed by atoms with van der Waals surface area (Å²) < 4.78 is 5.36. The highest BCUT2D eigenvalue weighted by Crippen LogP contribution is 2.29. The third-order valence-corrected chi connectivity index (χ3v) is 4.05. The van der Waals surface area contributed by atoms with E-state index in [1.807, 2.05) is 18.2 Å². The van der Waals surface area contributed by atoms with Crippen molar-refractivity contribution in [2.75, 3.05) is 11.9 Å². The molecule has 1 aromatic rings. The van der Waals surface area contributed by atoms with E-state index in [-0.39, 0.29) is 12.0 Å².